The highest BCUT2D eigenvalue weighted by atomic mass is 16.4. The van der Waals surface area contributed by atoms with E-state index in [0.29, 0.717) is 28.9 Å². The predicted molar refractivity (Wildman–Crippen MR) is 92.5 cm³/mol. The first kappa shape index (κ1) is 14.8. The van der Waals surface area contributed by atoms with E-state index in [1.54, 1.807) is 24.3 Å². The number of anilines is 1. The van der Waals surface area contributed by atoms with Gasteiger partial charge in [-0.25, -0.2) is 14.5 Å². The summed E-state index contributed by atoms with van der Waals surface area (Å²) in [5.41, 5.74) is 1.50. The van der Waals surface area contributed by atoms with Crippen molar-refractivity contribution in [3.05, 3.63) is 71.3 Å². The van der Waals surface area contributed by atoms with Crippen molar-refractivity contribution in [2.45, 2.75) is 0 Å². The van der Waals surface area contributed by atoms with Gasteiger partial charge in [0.1, 0.15) is 11.9 Å². The van der Waals surface area contributed by atoms with E-state index in [2.05, 4.69) is 15.4 Å². The molecule has 0 atom stereocenters. The minimum absolute atomic E-state index is 0.262. The third kappa shape index (κ3) is 2.78. The number of nitrogens with one attached hydrogen (secondary N) is 1. The molecule has 0 spiro atoms. The van der Waals surface area contributed by atoms with Crippen LogP contribution in [0.15, 0.2) is 70.1 Å². The van der Waals surface area contributed by atoms with E-state index in [-0.39, 0.29) is 5.69 Å². The van der Waals surface area contributed by atoms with Gasteiger partial charge in [-0.1, -0.05) is 30.3 Å². The van der Waals surface area contributed by atoms with Gasteiger partial charge in [-0.05, 0) is 18.2 Å². The second-order valence-electron chi connectivity index (χ2n) is 5.31. The Morgan fingerprint density at radius 2 is 1.92 bits per heavy atom. The van der Waals surface area contributed by atoms with Crippen LogP contribution < -0.4 is 10.9 Å². The zero-order valence-corrected chi connectivity index (χ0v) is 12.9. The maximum atomic E-state index is 12.3. The number of hydrogen-bond donors (Lipinski definition) is 1. The number of fused-ring (bicyclic) bond motifs is 1. The number of amides is 1. The summed E-state index contributed by atoms with van der Waals surface area (Å²) in [5, 5.41) is 7.58. The molecule has 0 bridgehead atoms. The fourth-order valence-electron chi connectivity index (χ4n) is 2.52. The molecule has 0 aliphatic carbocycles. The van der Waals surface area contributed by atoms with Crippen molar-refractivity contribution < 1.29 is 9.21 Å². The van der Waals surface area contributed by atoms with E-state index in [0.717, 1.165) is 5.56 Å². The molecule has 7 heteroatoms. The Labute approximate surface area is 141 Å². The fourth-order valence-corrected chi connectivity index (χ4v) is 2.52. The molecule has 2 heterocycles. The van der Waals surface area contributed by atoms with Gasteiger partial charge in [0.25, 0.3) is 0 Å². The monoisotopic (exact) mass is 332 g/mol. The van der Waals surface area contributed by atoms with Crippen LogP contribution in [-0.2, 0) is 4.79 Å². The maximum Gasteiger partial charge on any atom is 0.362 e. The third-order valence-electron chi connectivity index (χ3n) is 3.71. The smallest absolute Gasteiger partial charge is 0.362 e. The molecule has 7 nitrogen and oxygen atoms in total. The van der Waals surface area contributed by atoms with Crippen molar-refractivity contribution in [3.63, 3.8) is 0 Å². The van der Waals surface area contributed by atoms with Crippen LogP contribution in [0.25, 0.3) is 28.0 Å². The van der Waals surface area contributed by atoms with E-state index in [1.165, 1.54) is 11.0 Å². The first-order chi connectivity index (χ1) is 12.2. The van der Waals surface area contributed by atoms with E-state index < -0.39 is 5.63 Å². The summed E-state index contributed by atoms with van der Waals surface area (Å²) in [4.78, 5) is 27.1. The quantitative estimate of drug-likeness (QED) is 0.458. The number of aromatic nitrogens is 3. The molecule has 4 rings (SSSR count). The van der Waals surface area contributed by atoms with Crippen LogP contribution in [0, 0.1) is 0 Å². The lowest BCUT2D eigenvalue weighted by Crippen LogP contribution is -2.10. The van der Waals surface area contributed by atoms with Gasteiger partial charge in [0.05, 0.1) is 0 Å². The molecule has 122 valence electrons. The topological polar surface area (TPSA) is 90.0 Å². The molecule has 1 amide bonds. The SMILES string of the molecule is O=CNc1ccc2cc(-n3cnc(-c4ccccc4)n3)c(=O)oc2c1. The normalized spacial score (nSPS) is 10.7. The van der Waals surface area contributed by atoms with Crippen LogP contribution in [0.4, 0.5) is 5.69 Å². The first-order valence-electron chi connectivity index (χ1n) is 7.50. The standard InChI is InChI=1S/C18H12N4O3/c23-11-20-14-7-6-13-8-15(18(24)25-16(13)9-14)22-10-19-17(21-22)12-4-2-1-3-5-12/h1-11H,(H,20,23). The van der Waals surface area contributed by atoms with Crippen molar-refractivity contribution in [2.24, 2.45) is 0 Å². The van der Waals surface area contributed by atoms with Crippen molar-refractivity contribution in [1.29, 1.82) is 0 Å². The van der Waals surface area contributed by atoms with E-state index in [9.17, 15) is 9.59 Å². The fraction of sp³-hybridized carbons (Fsp3) is 0. The summed E-state index contributed by atoms with van der Waals surface area (Å²) in [6.45, 7) is 0. The van der Waals surface area contributed by atoms with Gasteiger partial charge >= 0.3 is 5.63 Å². The molecule has 4 aromatic rings. The average Bonchev–Trinajstić information content (AvgIpc) is 3.12. The Morgan fingerprint density at radius 1 is 1.08 bits per heavy atom. The van der Waals surface area contributed by atoms with Crippen LogP contribution in [0.1, 0.15) is 0 Å². The molecule has 0 saturated heterocycles. The first-order valence-corrected chi connectivity index (χ1v) is 7.50. The van der Waals surface area contributed by atoms with Crippen LogP contribution >= 0.6 is 0 Å². The number of carbonyl (C=O) groups is 1. The highest BCUT2D eigenvalue weighted by Gasteiger charge is 2.11. The third-order valence-corrected chi connectivity index (χ3v) is 3.71. The lowest BCUT2D eigenvalue weighted by molar-refractivity contribution is -0.105. The lowest BCUT2D eigenvalue weighted by Gasteiger charge is -2.03. The minimum atomic E-state index is -0.541. The molecule has 0 saturated carbocycles. The minimum Gasteiger partial charge on any atom is -0.421 e. The number of rotatable bonds is 4. The number of carbonyl (C=O) groups excluding carboxylic acids is 1. The van der Waals surface area contributed by atoms with Crippen molar-refractivity contribution in [1.82, 2.24) is 14.8 Å². The number of nitrogens with zero attached hydrogens (tertiary/aromatic N) is 3. The van der Waals surface area contributed by atoms with Gasteiger partial charge in [0.2, 0.25) is 6.41 Å². The van der Waals surface area contributed by atoms with Gasteiger partial charge in [-0.15, -0.1) is 5.10 Å². The highest BCUT2D eigenvalue weighted by Crippen LogP contribution is 2.20. The summed E-state index contributed by atoms with van der Waals surface area (Å²) < 4.78 is 6.74. The maximum absolute atomic E-state index is 12.3. The second-order valence-corrected chi connectivity index (χ2v) is 5.31. The number of hydrogen-bond acceptors (Lipinski definition) is 5. The summed E-state index contributed by atoms with van der Waals surface area (Å²) in [7, 11) is 0. The number of benzene rings is 2. The van der Waals surface area contributed by atoms with E-state index in [1.807, 2.05) is 30.3 Å². The molecular formula is C18H12N4O3. The molecule has 2 aromatic carbocycles. The van der Waals surface area contributed by atoms with Crippen LogP contribution in [0.2, 0.25) is 0 Å². The summed E-state index contributed by atoms with van der Waals surface area (Å²) >= 11 is 0. The van der Waals surface area contributed by atoms with Crippen molar-refractivity contribution in [3.8, 4) is 17.1 Å². The zero-order chi connectivity index (χ0) is 17.2. The molecule has 0 fully saturated rings. The van der Waals surface area contributed by atoms with E-state index >= 15 is 0 Å². The summed E-state index contributed by atoms with van der Waals surface area (Å²) in [5.74, 6) is 0.519. The molecular weight excluding hydrogens is 320 g/mol. The van der Waals surface area contributed by atoms with Gasteiger partial charge in [-0.2, -0.15) is 0 Å². The summed E-state index contributed by atoms with van der Waals surface area (Å²) in [6, 6.07) is 16.2. The molecule has 0 unspecified atom stereocenters. The Kier molecular flexibility index (Phi) is 3.59. The molecule has 0 aliphatic heterocycles. The summed E-state index contributed by atoms with van der Waals surface area (Å²) in [6.07, 6.45) is 2.04. The Bertz CT molecular complexity index is 1120. The van der Waals surface area contributed by atoms with Crippen LogP contribution in [0.5, 0.6) is 0 Å². The van der Waals surface area contributed by atoms with Crippen molar-refractivity contribution in [2.75, 3.05) is 5.32 Å². The van der Waals surface area contributed by atoms with Crippen LogP contribution in [0.3, 0.4) is 0 Å². The zero-order valence-electron chi connectivity index (χ0n) is 12.9. The van der Waals surface area contributed by atoms with Gasteiger partial charge in [0.15, 0.2) is 11.5 Å². The van der Waals surface area contributed by atoms with E-state index in [4.69, 9.17) is 4.42 Å². The largest absolute Gasteiger partial charge is 0.421 e. The van der Waals surface area contributed by atoms with Gasteiger partial charge in [0, 0.05) is 22.7 Å². The molecule has 1 N–H and O–H groups in total. The Hall–Kier alpha value is -3.74. The molecule has 0 aliphatic rings. The Balaban J connectivity index is 1.78. The Morgan fingerprint density at radius 3 is 2.72 bits per heavy atom. The van der Waals surface area contributed by atoms with Crippen LogP contribution in [-0.4, -0.2) is 21.2 Å². The molecule has 25 heavy (non-hydrogen) atoms. The lowest BCUT2D eigenvalue weighted by atomic mass is 10.2. The van der Waals surface area contributed by atoms with Gasteiger partial charge < -0.3 is 9.73 Å². The highest BCUT2D eigenvalue weighted by molar-refractivity contribution is 5.84. The average molecular weight is 332 g/mol. The second kappa shape index (κ2) is 6.04. The molecule has 2 aromatic heterocycles. The predicted octanol–water partition coefficient (Wildman–Crippen LogP) is 2.61. The van der Waals surface area contributed by atoms with Gasteiger partial charge in [-0.3, -0.25) is 4.79 Å². The van der Waals surface area contributed by atoms with Crippen molar-refractivity contribution >= 4 is 23.1 Å². The molecule has 0 radical (unpaired) electrons.